The number of guanidine groups is 1. The molecule has 2 rings (SSSR count). The Kier molecular flexibility index (Phi) is 11.8. The van der Waals surface area contributed by atoms with E-state index < -0.39 is 5.41 Å². The largest absolute Gasteiger partial charge is 0.357 e. The van der Waals surface area contributed by atoms with Crippen LogP contribution in [0.3, 0.4) is 0 Å². The van der Waals surface area contributed by atoms with Crippen LogP contribution >= 0.6 is 24.0 Å². The van der Waals surface area contributed by atoms with Crippen molar-refractivity contribution in [2.24, 2.45) is 10.4 Å². The molecule has 3 N–H and O–H groups in total. The predicted octanol–water partition coefficient (Wildman–Crippen LogP) is 2.31. The van der Waals surface area contributed by atoms with E-state index in [4.69, 9.17) is 0 Å². The number of amides is 2. The summed E-state index contributed by atoms with van der Waals surface area (Å²) in [5.41, 5.74) is 0.360. The minimum atomic E-state index is -0.408. The van der Waals surface area contributed by atoms with Crippen LogP contribution in [0.1, 0.15) is 38.2 Å². The van der Waals surface area contributed by atoms with E-state index >= 15 is 0 Å². The lowest BCUT2D eigenvalue weighted by Crippen LogP contribution is -2.44. The third-order valence-electron chi connectivity index (χ3n) is 5.32. The number of carbonyl (C=O) groups is 2. The van der Waals surface area contributed by atoms with Gasteiger partial charge >= 0.3 is 0 Å². The van der Waals surface area contributed by atoms with Crippen LogP contribution < -0.4 is 16.0 Å². The number of nitrogens with one attached hydrogen (secondary N) is 3. The van der Waals surface area contributed by atoms with Gasteiger partial charge in [0.2, 0.25) is 11.8 Å². The maximum Gasteiger partial charge on any atom is 0.230 e. The summed E-state index contributed by atoms with van der Waals surface area (Å²) in [7, 11) is 3.59. The lowest BCUT2D eigenvalue weighted by Gasteiger charge is -2.29. The molecule has 1 aliphatic rings. The molecule has 1 aromatic carbocycles. The highest BCUT2D eigenvalue weighted by molar-refractivity contribution is 14.0. The fraction of sp³-hybridized carbons (Fsp3) is 0.591. The van der Waals surface area contributed by atoms with Crippen LogP contribution in [0.15, 0.2) is 29.3 Å². The average Bonchev–Trinajstić information content (AvgIpc) is 3.20. The standard InChI is InChI=1S/C22H34FN5O2.HI/c1-4-24-21(27-16-22(11-5-6-12-22)20(30)28(2)3)26-14-13-25-19(29)15-17-7-9-18(23)10-8-17;/h7-10H,4-6,11-16H2,1-3H3,(H,25,29)(H2,24,26,27);1H. The van der Waals surface area contributed by atoms with E-state index in [1.54, 1.807) is 31.1 Å². The molecule has 1 aliphatic carbocycles. The molecule has 1 fully saturated rings. The molecule has 0 aliphatic heterocycles. The third-order valence-corrected chi connectivity index (χ3v) is 5.32. The van der Waals surface area contributed by atoms with Crippen LogP contribution in [-0.2, 0) is 16.0 Å². The van der Waals surface area contributed by atoms with Crippen LogP contribution in [0, 0.1) is 11.2 Å². The molecule has 7 nitrogen and oxygen atoms in total. The lowest BCUT2D eigenvalue weighted by molar-refractivity contribution is -0.138. The number of carbonyl (C=O) groups excluding carboxylic acids is 2. The molecule has 0 unspecified atom stereocenters. The highest BCUT2D eigenvalue weighted by atomic mass is 127. The zero-order chi connectivity index (χ0) is 22.0. The van der Waals surface area contributed by atoms with Gasteiger partial charge in [-0.05, 0) is 37.5 Å². The average molecular weight is 547 g/mol. The second-order valence-electron chi connectivity index (χ2n) is 7.96. The third kappa shape index (κ3) is 8.62. The zero-order valence-corrected chi connectivity index (χ0v) is 21.0. The summed E-state index contributed by atoms with van der Waals surface area (Å²) >= 11 is 0. The van der Waals surface area contributed by atoms with E-state index in [1.165, 1.54) is 12.1 Å². The first-order valence-electron chi connectivity index (χ1n) is 10.6. The van der Waals surface area contributed by atoms with Crippen molar-refractivity contribution in [3.63, 3.8) is 0 Å². The van der Waals surface area contributed by atoms with E-state index in [1.807, 2.05) is 6.92 Å². The second kappa shape index (κ2) is 13.5. The highest BCUT2D eigenvalue weighted by Crippen LogP contribution is 2.39. The van der Waals surface area contributed by atoms with Crippen molar-refractivity contribution in [1.82, 2.24) is 20.9 Å². The summed E-state index contributed by atoms with van der Waals surface area (Å²) in [6.07, 6.45) is 4.06. The lowest BCUT2D eigenvalue weighted by atomic mass is 9.85. The van der Waals surface area contributed by atoms with Crippen molar-refractivity contribution in [2.75, 3.05) is 40.3 Å². The maximum absolute atomic E-state index is 12.9. The van der Waals surface area contributed by atoms with E-state index in [9.17, 15) is 14.0 Å². The van der Waals surface area contributed by atoms with Gasteiger partial charge in [-0.15, -0.1) is 24.0 Å². The second-order valence-corrected chi connectivity index (χ2v) is 7.96. The molecule has 0 atom stereocenters. The van der Waals surface area contributed by atoms with Gasteiger partial charge in [-0.25, -0.2) is 4.39 Å². The highest BCUT2D eigenvalue weighted by Gasteiger charge is 2.42. The van der Waals surface area contributed by atoms with Crippen LogP contribution in [0.5, 0.6) is 0 Å². The van der Waals surface area contributed by atoms with Crippen molar-refractivity contribution in [1.29, 1.82) is 0 Å². The molecule has 1 saturated carbocycles. The summed E-state index contributed by atoms with van der Waals surface area (Å²) < 4.78 is 12.9. The molecule has 0 bridgehead atoms. The molecule has 2 amide bonds. The maximum atomic E-state index is 12.9. The molecule has 0 aromatic heterocycles. The number of nitrogens with zero attached hydrogens (tertiary/aromatic N) is 2. The van der Waals surface area contributed by atoms with Crippen LogP contribution in [-0.4, -0.2) is 62.9 Å². The number of benzene rings is 1. The Morgan fingerprint density at radius 2 is 1.68 bits per heavy atom. The summed E-state index contributed by atoms with van der Waals surface area (Å²) in [5.74, 6) is 0.355. The molecule has 0 heterocycles. The fourth-order valence-corrected chi connectivity index (χ4v) is 3.77. The summed E-state index contributed by atoms with van der Waals surface area (Å²) in [6, 6.07) is 5.91. The normalized spacial score (nSPS) is 15.0. The topological polar surface area (TPSA) is 85.8 Å². The van der Waals surface area contributed by atoms with Gasteiger partial charge in [0.1, 0.15) is 5.82 Å². The first kappa shape index (κ1) is 27.1. The van der Waals surface area contributed by atoms with Gasteiger partial charge in [-0.3, -0.25) is 14.6 Å². The van der Waals surface area contributed by atoms with Gasteiger partial charge in [0.15, 0.2) is 5.96 Å². The predicted molar refractivity (Wildman–Crippen MR) is 132 cm³/mol. The Bertz CT molecular complexity index is 734. The Balaban J connectivity index is 0.00000480. The Morgan fingerprint density at radius 1 is 1.06 bits per heavy atom. The first-order valence-corrected chi connectivity index (χ1v) is 10.6. The Labute approximate surface area is 201 Å². The van der Waals surface area contributed by atoms with Gasteiger partial charge in [0.05, 0.1) is 18.4 Å². The minimum absolute atomic E-state index is 0. The van der Waals surface area contributed by atoms with E-state index in [0.29, 0.717) is 32.1 Å². The fourth-order valence-electron chi connectivity index (χ4n) is 3.77. The van der Waals surface area contributed by atoms with Crippen LogP contribution in [0.2, 0.25) is 0 Å². The number of hydrogen-bond acceptors (Lipinski definition) is 3. The van der Waals surface area contributed by atoms with Crippen LogP contribution in [0.25, 0.3) is 0 Å². The monoisotopic (exact) mass is 547 g/mol. The molecule has 31 heavy (non-hydrogen) atoms. The molecular weight excluding hydrogens is 512 g/mol. The first-order chi connectivity index (χ1) is 14.4. The number of aliphatic imine (C=N–C) groups is 1. The van der Waals surface area contributed by atoms with Gasteiger partial charge < -0.3 is 20.9 Å². The van der Waals surface area contributed by atoms with Gasteiger partial charge in [-0.2, -0.15) is 0 Å². The molecule has 0 radical (unpaired) electrons. The van der Waals surface area contributed by atoms with Crippen molar-refractivity contribution in [3.05, 3.63) is 35.6 Å². The molecule has 0 saturated heterocycles. The summed E-state index contributed by atoms with van der Waals surface area (Å²) in [6.45, 7) is 4.09. The smallest absolute Gasteiger partial charge is 0.230 e. The van der Waals surface area contributed by atoms with Gasteiger partial charge in [0.25, 0.3) is 0 Å². The molecule has 9 heteroatoms. The molecule has 1 aromatic rings. The van der Waals surface area contributed by atoms with Crippen LogP contribution in [0.4, 0.5) is 4.39 Å². The Hall–Kier alpha value is -1.91. The molecule has 0 spiro atoms. The van der Waals surface area contributed by atoms with Gasteiger partial charge in [0, 0.05) is 33.7 Å². The summed E-state index contributed by atoms with van der Waals surface area (Å²) in [5, 5.41) is 9.24. The van der Waals surface area contributed by atoms with Crippen molar-refractivity contribution in [3.8, 4) is 0 Å². The van der Waals surface area contributed by atoms with Gasteiger partial charge in [-0.1, -0.05) is 25.0 Å². The van der Waals surface area contributed by atoms with E-state index in [-0.39, 0.29) is 48.0 Å². The van der Waals surface area contributed by atoms with Crippen molar-refractivity contribution < 1.29 is 14.0 Å². The molecule has 174 valence electrons. The van der Waals surface area contributed by atoms with E-state index in [2.05, 4.69) is 20.9 Å². The summed E-state index contributed by atoms with van der Waals surface area (Å²) in [4.78, 5) is 31.0. The number of rotatable bonds is 9. The molecular formula is C22H35FIN5O2. The number of hydrogen-bond donors (Lipinski definition) is 3. The minimum Gasteiger partial charge on any atom is -0.357 e. The van der Waals surface area contributed by atoms with Crippen molar-refractivity contribution in [2.45, 2.75) is 39.0 Å². The number of halogens is 2. The zero-order valence-electron chi connectivity index (χ0n) is 18.7. The van der Waals surface area contributed by atoms with Crippen molar-refractivity contribution >= 4 is 41.8 Å². The Morgan fingerprint density at radius 3 is 2.26 bits per heavy atom. The quantitative estimate of drug-likeness (QED) is 0.192. The van der Waals surface area contributed by atoms with E-state index in [0.717, 1.165) is 31.2 Å². The SMILES string of the molecule is CCNC(=NCC1(C(=O)N(C)C)CCCC1)NCCNC(=O)Cc1ccc(F)cc1.I.